The minimum absolute atomic E-state index is 0.254. The molecule has 0 aliphatic rings. The van der Waals surface area contributed by atoms with E-state index in [1.54, 1.807) is 24.3 Å². The molecule has 0 aromatic carbocycles. The van der Waals surface area contributed by atoms with Crippen LogP contribution in [0.1, 0.15) is 18.2 Å². The fraction of sp³-hybridized carbons (Fsp3) is 0.167. The van der Waals surface area contributed by atoms with Crippen LogP contribution in [-0.4, -0.2) is 4.92 Å². The lowest BCUT2D eigenvalue weighted by Crippen LogP contribution is -1.95. The normalized spacial score (nSPS) is 11.7. The predicted octanol–water partition coefficient (Wildman–Crippen LogP) is 4.50. The summed E-state index contributed by atoms with van der Waals surface area (Å²) < 4.78 is 0. The van der Waals surface area contributed by atoms with Crippen molar-refractivity contribution in [1.29, 1.82) is 0 Å². The molecule has 88 valence electrons. The molecule has 2 aromatic rings. The van der Waals surface area contributed by atoms with E-state index in [-0.39, 0.29) is 10.6 Å². The summed E-state index contributed by atoms with van der Waals surface area (Å²) in [7, 11) is 0. The third-order valence-electron chi connectivity index (χ3n) is 2.33. The molecule has 0 saturated heterocycles. The Labute approximate surface area is 107 Å². The van der Waals surface area contributed by atoms with Crippen molar-refractivity contribution in [2.24, 2.45) is 0 Å². The second-order valence-electron chi connectivity index (χ2n) is 3.46. The fourth-order valence-electron chi connectivity index (χ4n) is 1.45. The lowest BCUT2D eigenvalue weighted by Gasteiger charge is -1.91. The molecule has 5 heteroatoms. The summed E-state index contributed by atoms with van der Waals surface area (Å²) in [4.78, 5) is 12.5. The Bertz CT molecular complexity index is 541. The second-order valence-corrected chi connectivity index (χ2v) is 5.35. The van der Waals surface area contributed by atoms with Gasteiger partial charge in [0.25, 0.3) is 0 Å². The Morgan fingerprint density at radius 2 is 2.35 bits per heavy atom. The highest BCUT2D eigenvalue weighted by Crippen LogP contribution is 2.30. The zero-order valence-corrected chi connectivity index (χ0v) is 10.9. The highest BCUT2D eigenvalue weighted by Gasteiger charge is 2.09. The minimum Gasteiger partial charge on any atom is -0.259 e. The Kier molecular flexibility index (Phi) is 3.71. The maximum Gasteiger partial charge on any atom is 0.247 e. The second kappa shape index (κ2) is 5.25. The lowest BCUT2D eigenvalue weighted by atomic mass is 10.2. The Balaban J connectivity index is 2.27. The van der Waals surface area contributed by atoms with E-state index in [9.17, 15) is 10.1 Å². The molecule has 3 nitrogen and oxygen atoms in total. The molecule has 2 aromatic heterocycles. The summed E-state index contributed by atoms with van der Waals surface area (Å²) in [6.45, 7) is 1.79. The first-order chi connectivity index (χ1) is 8.20. The van der Waals surface area contributed by atoms with E-state index >= 15 is 0 Å². The molecule has 0 saturated carbocycles. The van der Waals surface area contributed by atoms with Gasteiger partial charge in [-0.25, -0.2) is 0 Å². The van der Waals surface area contributed by atoms with Crippen LogP contribution in [0.5, 0.6) is 0 Å². The van der Waals surface area contributed by atoms with Crippen LogP contribution in [0.25, 0.3) is 16.5 Å². The largest absolute Gasteiger partial charge is 0.259 e. The number of nitro groups is 1. The molecule has 0 bridgehead atoms. The number of hydrogen-bond donors (Lipinski definition) is 0. The summed E-state index contributed by atoms with van der Waals surface area (Å²) in [5, 5.41) is 14.8. The van der Waals surface area contributed by atoms with Gasteiger partial charge in [-0.2, -0.15) is 0 Å². The number of hydrogen-bond acceptors (Lipinski definition) is 4. The van der Waals surface area contributed by atoms with Crippen LogP contribution >= 0.6 is 22.7 Å². The van der Waals surface area contributed by atoms with Gasteiger partial charge in [0.1, 0.15) is 0 Å². The third-order valence-corrected chi connectivity index (χ3v) is 4.13. The molecular formula is C12H11NO2S2. The molecule has 2 heterocycles. The SMILES string of the molecule is CC/C(=C\c1cc(-c2cccs2)cs1)[N+](=O)[O-]. The van der Waals surface area contributed by atoms with E-state index in [2.05, 4.69) is 6.07 Å². The van der Waals surface area contributed by atoms with Gasteiger partial charge in [0.15, 0.2) is 0 Å². The van der Waals surface area contributed by atoms with Crippen LogP contribution in [0.15, 0.2) is 34.7 Å². The molecule has 0 radical (unpaired) electrons. The van der Waals surface area contributed by atoms with Gasteiger partial charge in [0, 0.05) is 27.8 Å². The summed E-state index contributed by atoms with van der Waals surface area (Å²) in [6.07, 6.45) is 2.10. The summed E-state index contributed by atoms with van der Waals surface area (Å²) in [5.74, 6) is 0. The highest BCUT2D eigenvalue weighted by atomic mass is 32.1. The molecule has 0 aliphatic heterocycles. The van der Waals surface area contributed by atoms with Crippen molar-refractivity contribution in [2.45, 2.75) is 13.3 Å². The predicted molar refractivity (Wildman–Crippen MR) is 72.9 cm³/mol. The molecule has 0 fully saturated rings. The van der Waals surface area contributed by atoms with Gasteiger partial charge in [-0.3, -0.25) is 10.1 Å². The molecule has 0 aliphatic carbocycles. The van der Waals surface area contributed by atoms with E-state index < -0.39 is 0 Å². The minimum atomic E-state index is -0.315. The zero-order chi connectivity index (χ0) is 12.3. The van der Waals surface area contributed by atoms with E-state index in [4.69, 9.17) is 0 Å². The molecule has 0 N–H and O–H groups in total. The van der Waals surface area contributed by atoms with Crippen molar-refractivity contribution in [1.82, 2.24) is 0 Å². The number of thiophene rings is 2. The van der Waals surface area contributed by atoms with Crippen LogP contribution in [0.4, 0.5) is 0 Å². The summed E-state index contributed by atoms with van der Waals surface area (Å²) in [6, 6.07) is 6.05. The van der Waals surface area contributed by atoms with Gasteiger partial charge in [0.05, 0.1) is 4.92 Å². The van der Waals surface area contributed by atoms with Gasteiger partial charge in [0.2, 0.25) is 5.70 Å². The first-order valence-corrected chi connectivity index (χ1v) is 6.94. The van der Waals surface area contributed by atoms with Crippen molar-refractivity contribution in [2.75, 3.05) is 0 Å². The monoisotopic (exact) mass is 265 g/mol. The quantitative estimate of drug-likeness (QED) is 0.603. The Hall–Kier alpha value is -1.46. The van der Waals surface area contributed by atoms with E-state index in [0.717, 1.165) is 10.4 Å². The van der Waals surface area contributed by atoms with Crippen LogP contribution in [0.3, 0.4) is 0 Å². The van der Waals surface area contributed by atoms with Gasteiger partial charge < -0.3 is 0 Å². The molecule has 2 rings (SSSR count). The molecule has 0 amide bonds. The summed E-state index contributed by atoms with van der Waals surface area (Å²) in [5.41, 5.74) is 1.39. The van der Waals surface area contributed by atoms with Crippen molar-refractivity contribution >= 4 is 28.7 Å². The zero-order valence-electron chi connectivity index (χ0n) is 9.25. The van der Waals surface area contributed by atoms with Crippen molar-refractivity contribution in [3.05, 3.63) is 49.6 Å². The third kappa shape index (κ3) is 2.81. The van der Waals surface area contributed by atoms with Gasteiger partial charge in [-0.1, -0.05) is 13.0 Å². The van der Waals surface area contributed by atoms with E-state index in [0.29, 0.717) is 6.42 Å². The maximum atomic E-state index is 10.7. The number of rotatable bonds is 4. The van der Waals surface area contributed by atoms with Crippen LogP contribution in [0.2, 0.25) is 0 Å². The van der Waals surface area contributed by atoms with E-state index in [1.165, 1.54) is 16.2 Å². The van der Waals surface area contributed by atoms with Crippen molar-refractivity contribution in [3.63, 3.8) is 0 Å². The smallest absolute Gasteiger partial charge is 0.247 e. The van der Waals surface area contributed by atoms with Crippen molar-refractivity contribution < 1.29 is 4.92 Å². The first-order valence-electron chi connectivity index (χ1n) is 5.18. The number of allylic oxidation sites excluding steroid dienone is 1. The maximum absolute atomic E-state index is 10.7. The van der Waals surface area contributed by atoms with Gasteiger partial charge >= 0.3 is 0 Å². The standard InChI is InChI=1S/C12H11NO2S2/c1-2-10(13(14)15)7-11-6-9(8-17-11)12-4-3-5-16-12/h3-8H,2H2,1H3/b10-7+. The van der Waals surface area contributed by atoms with Crippen LogP contribution < -0.4 is 0 Å². The van der Waals surface area contributed by atoms with Crippen LogP contribution in [-0.2, 0) is 0 Å². The number of nitrogens with zero attached hydrogens (tertiary/aromatic N) is 1. The molecular weight excluding hydrogens is 254 g/mol. The Morgan fingerprint density at radius 1 is 1.53 bits per heavy atom. The molecule has 0 atom stereocenters. The molecule has 17 heavy (non-hydrogen) atoms. The Morgan fingerprint density at radius 3 is 2.94 bits per heavy atom. The average molecular weight is 265 g/mol. The molecule has 0 spiro atoms. The van der Waals surface area contributed by atoms with E-state index in [1.807, 2.05) is 22.9 Å². The van der Waals surface area contributed by atoms with Crippen molar-refractivity contribution in [3.8, 4) is 10.4 Å². The molecule has 0 unspecified atom stereocenters. The van der Waals surface area contributed by atoms with Gasteiger partial charge in [-0.05, 0) is 22.9 Å². The topological polar surface area (TPSA) is 43.1 Å². The fourth-order valence-corrected chi connectivity index (χ4v) is 3.10. The highest BCUT2D eigenvalue weighted by molar-refractivity contribution is 7.15. The summed E-state index contributed by atoms with van der Waals surface area (Å²) >= 11 is 3.21. The lowest BCUT2D eigenvalue weighted by molar-refractivity contribution is -0.425. The van der Waals surface area contributed by atoms with Crippen LogP contribution in [0, 0.1) is 10.1 Å². The van der Waals surface area contributed by atoms with Gasteiger partial charge in [-0.15, -0.1) is 22.7 Å². The first kappa shape index (κ1) is 12.0. The average Bonchev–Trinajstić information content (AvgIpc) is 2.95.